The van der Waals surface area contributed by atoms with Crippen molar-refractivity contribution in [2.24, 2.45) is 5.92 Å². The van der Waals surface area contributed by atoms with E-state index < -0.39 is 24.0 Å². The van der Waals surface area contributed by atoms with Gasteiger partial charge in [-0.25, -0.2) is 4.79 Å². The fourth-order valence-corrected chi connectivity index (χ4v) is 3.31. The molecule has 1 heterocycles. The van der Waals surface area contributed by atoms with E-state index in [1.54, 1.807) is 0 Å². The minimum Gasteiger partial charge on any atom is -0.503 e. The zero-order valence-electron chi connectivity index (χ0n) is 14.4. The van der Waals surface area contributed by atoms with Crippen LogP contribution in [0.15, 0.2) is 41.7 Å². The number of carbonyl (C=O) groups excluding carboxylic acids is 1. The lowest BCUT2D eigenvalue weighted by Gasteiger charge is -2.33. The van der Waals surface area contributed by atoms with Gasteiger partial charge in [0.15, 0.2) is 5.76 Å². The summed E-state index contributed by atoms with van der Waals surface area (Å²) in [6.45, 7) is 5.79. The second kappa shape index (κ2) is 7.51. The van der Waals surface area contributed by atoms with E-state index in [1.165, 1.54) is 4.90 Å². The highest BCUT2D eigenvalue weighted by molar-refractivity contribution is 5.98. The van der Waals surface area contributed by atoms with Gasteiger partial charge in [0.05, 0.1) is 6.04 Å². The van der Waals surface area contributed by atoms with Gasteiger partial charge in [-0.3, -0.25) is 4.79 Å². The lowest BCUT2D eigenvalue weighted by atomic mass is 9.90. The number of carbonyl (C=O) groups is 2. The zero-order valence-corrected chi connectivity index (χ0v) is 14.4. The van der Waals surface area contributed by atoms with Crippen LogP contribution >= 0.6 is 0 Å². The number of amides is 1. The largest absolute Gasteiger partial charge is 0.503 e. The van der Waals surface area contributed by atoms with Crippen LogP contribution in [0.2, 0.25) is 0 Å². The fourth-order valence-electron chi connectivity index (χ4n) is 3.31. The summed E-state index contributed by atoms with van der Waals surface area (Å²) in [7, 11) is 0. The average Bonchev–Trinajstić information content (AvgIpc) is 2.81. The van der Waals surface area contributed by atoms with E-state index in [9.17, 15) is 19.8 Å². The van der Waals surface area contributed by atoms with Gasteiger partial charge in [-0.1, -0.05) is 63.9 Å². The van der Waals surface area contributed by atoms with Crippen molar-refractivity contribution >= 4 is 11.9 Å². The summed E-state index contributed by atoms with van der Waals surface area (Å²) in [5, 5.41) is 20.0. The smallest absolute Gasteiger partial charge is 0.326 e. The van der Waals surface area contributed by atoms with Crippen LogP contribution in [0.5, 0.6) is 0 Å². The summed E-state index contributed by atoms with van der Waals surface area (Å²) >= 11 is 0. The molecule has 2 unspecified atom stereocenters. The summed E-state index contributed by atoms with van der Waals surface area (Å²) < 4.78 is 0. The molecule has 0 saturated carbocycles. The van der Waals surface area contributed by atoms with Crippen molar-refractivity contribution in [3.05, 3.63) is 47.2 Å². The molecule has 0 radical (unpaired) electrons. The molecule has 2 N–H and O–H groups in total. The molecule has 2 atom stereocenters. The molecule has 1 amide bonds. The highest BCUT2D eigenvalue weighted by Gasteiger charge is 2.46. The summed E-state index contributed by atoms with van der Waals surface area (Å²) in [6, 6.07) is 7.84. The number of hydrogen-bond donors (Lipinski definition) is 2. The van der Waals surface area contributed by atoms with Crippen molar-refractivity contribution in [1.29, 1.82) is 0 Å². The number of aliphatic carboxylic acids is 1. The van der Waals surface area contributed by atoms with Gasteiger partial charge < -0.3 is 15.1 Å². The average molecular weight is 331 g/mol. The van der Waals surface area contributed by atoms with E-state index in [4.69, 9.17) is 0 Å². The maximum absolute atomic E-state index is 12.7. The van der Waals surface area contributed by atoms with Crippen LogP contribution in [0.25, 0.3) is 0 Å². The van der Waals surface area contributed by atoms with Crippen molar-refractivity contribution in [3.8, 4) is 0 Å². The summed E-state index contributed by atoms with van der Waals surface area (Å²) in [5.74, 6) is -1.99. The van der Waals surface area contributed by atoms with E-state index in [0.29, 0.717) is 18.4 Å². The quantitative estimate of drug-likeness (QED) is 0.799. The topological polar surface area (TPSA) is 77.8 Å². The van der Waals surface area contributed by atoms with E-state index in [-0.39, 0.29) is 11.7 Å². The number of carboxylic acids is 1. The molecular weight excluding hydrogens is 306 g/mol. The molecular formula is C19H25NO4. The molecule has 2 rings (SSSR count). The predicted molar refractivity (Wildman–Crippen MR) is 91.5 cm³/mol. The number of aliphatic hydroxyl groups is 1. The fraction of sp³-hybridized carbons (Fsp3) is 0.474. The Morgan fingerprint density at radius 1 is 1.25 bits per heavy atom. The van der Waals surface area contributed by atoms with Gasteiger partial charge in [0.2, 0.25) is 0 Å². The molecule has 5 nitrogen and oxygen atoms in total. The van der Waals surface area contributed by atoms with Gasteiger partial charge in [-0.05, 0) is 17.9 Å². The third-order valence-corrected chi connectivity index (χ3v) is 4.47. The first-order valence-corrected chi connectivity index (χ1v) is 8.43. The second-order valence-corrected chi connectivity index (χ2v) is 6.48. The first-order chi connectivity index (χ1) is 11.4. The Balaban J connectivity index is 2.52. The van der Waals surface area contributed by atoms with Crippen LogP contribution in [0.3, 0.4) is 0 Å². The molecule has 1 aliphatic heterocycles. The molecule has 0 aliphatic carbocycles. The number of benzene rings is 1. The SMILES string of the molecule is CCCCC(C(=O)O)N1C(=O)C(O)=C(C(C)C)C1c1ccccc1. The summed E-state index contributed by atoms with van der Waals surface area (Å²) in [4.78, 5) is 25.8. The number of nitrogens with zero attached hydrogens (tertiary/aromatic N) is 1. The van der Waals surface area contributed by atoms with E-state index >= 15 is 0 Å². The molecule has 0 aromatic heterocycles. The molecule has 5 heteroatoms. The molecule has 1 aliphatic rings. The van der Waals surface area contributed by atoms with Gasteiger partial charge in [0.25, 0.3) is 5.91 Å². The van der Waals surface area contributed by atoms with E-state index in [0.717, 1.165) is 12.0 Å². The maximum Gasteiger partial charge on any atom is 0.326 e. The molecule has 0 saturated heterocycles. The van der Waals surface area contributed by atoms with Crippen LogP contribution in [-0.2, 0) is 9.59 Å². The van der Waals surface area contributed by atoms with Crippen molar-refractivity contribution in [1.82, 2.24) is 4.90 Å². The maximum atomic E-state index is 12.7. The normalized spacial score (nSPS) is 19.2. The van der Waals surface area contributed by atoms with Crippen molar-refractivity contribution < 1.29 is 19.8 Å². The van der Waals surface area contributed by atoms with E-state index in [1.807, 2.05) is 51.1 Å². The lowest BCUT2D eigenvalue weighted by molar-refractivity contribution is -0.150. The Kier molecular flexibility index (Phi) is 5.65. The van der Waals surface area contributed by atoms with Crippen LogP contribution in [0, 0.1) is 5.92 Å². The molecule has 1 aromatic carbocycles. The number of rotatable bonds is 7. The van der Waals surface area contributed by atoms with Crippen molar-refractivity contribution in [3.63, 3.8) is 0 Å². The third-order valence-electron chi connectivity index (χ3n) is 4.47. The molecule has 0 fully saturated rings. The van der Waals surface area contributed by atoms with Crippen molar-refractivity contribution in [2.75, 3.05) is 0 Å². The van der Waals surface area contributed by atoms with Gasteiger partial charge in [-0.15, -0.1) is 0 Å². The van der Waals surface area contributed by atoms with Gasteiger partial charge in [0.1, 0.15) is 6.04 Å². The predicted octanol–water partition coefficient (Wildman–Crippen LogP) is 3.68. The Morgan fingerprint density at radius 3 is 2.38 bits per heavy atom. The molecule has 1 aromatic rings. The Morgan fingerprint density at radius 2 is 1.88 bits per heavy atom. The highest BCUT2D eigenvalue weighted by atomic mass is 16.4. The second-order valence-electron chi connectivity index (χ2n) is 6.48. The number of aliphatic hydroxyl groups excluding tert-OH is 1. The molecule has 24 heavy (non-hydrogen) atoms. The van der Waals surface area contributed by atoms with Crippen LogP contribution in [0.1, 0.15) is 51.6 Å². The number of unbranched alkanes of at least 4 members (excludes halogenated alkanes) is 1. The molecule has 130 valence electrons. The minimum absolute atomic E-state index is 0.0650. The lowest BCUT2D eigenvalue weighted by Crippen LogP contribution is -2.44. The molecule has 0 spiro atoms. The first kappa shape index (κ1) is 18.0. The monoisotopic (exact) mass is 331 g/mol. The van der Waals surface area contributed by atoms with E-state index in [2.05, 4.69) is 0 Å². The summed E-state index contributed by atoms with van der Waals surface area (Å²) in [5.41, 5.74) is 1.41. The summed E-state index contributed by atoms with van der Waals surface area (Å²) in [6.07, 6.45) is 1.93. The Hall–Kier alpha value is -2.30. The Bertz CT molecular complexity index is 636. The molecule has 0 bridgehead atoms. The van der Waals surface area contributed by atoms with Gasteiger partial charge in [-0.2, -0.15) is 0 Å². The first-order valence-electron chi connectivity index (χ1n) is 8.43. The Labute approximate surface area is 142 Å². The van der Waals surface area contributed by atoms with Crippen LogP contribution in [-0.4, -0.2) is 33.0 Å². The van der Waals surface area contributed by atoms with Crippen LogP contribution < -0.4 is 0 Å². The number of carboxylic acid groups (broad SMARTS) is 1. The standard InChI is InChI=1S/C19H25NO4/c1-4-5-11-14(19(23)24)20-16(13-9-7-6-8-10-13)15(12(2)3)17(21)18(20)22/h6-10,12,14,16,21H,4-5,11H2,1-3H3,(H,23,24). The number of hydrogen-bond acceptors (Lipinski definition) is 3. The minimum atomic E-state index is -1.03. The van der Waals surface area contributed by atoms with Crippen LogP contribution in [0.4, 0.5) is 0 Å². The zero-order chi connectivity index (χ0) is 17.9. The van der Waals surface area contributed by atoms with Crippen molar-refractivity contribution in [2.45, 2.75) is 52.1 Å². The third kappa shape index (κ3) is 3.30. The van der Waals surface area contributed by atoms with Gasteiger partial charge >= 0.3 is 5.97 Å². The highest BCUT2D eigenvalue weighted by Crippen LogP contribution is 2.42. The van der Waals surface area contributed by atoms with Gasteiger partial charge in [0, 0.05) is 5.57 Å².